The van der Waals surface area contributed by atoms with E-state index in [1.54, 1.807) is 23.9 Å². The monoisotopic (exact) mass is 359 g/mol. The van der Waals surface area contributed by atoms with E-state index in [1.807, 2.05) is 55.5 Å². The van der Waals surface area contributed by atoms with Crippen molar-refractivity contribution < 1.29 is 9.72 Å². The van der Waals surface area contributed by atoms with E-state index in [-0.39, 0.29) is 24.2 Å². The minimum absolute atomic E-state index is 0.0519. The molecule has 0 heterocycles. The minimum Gasteiger partial charge on any atom is -0.324 e. The molecule has 0 aliphatic rings. The number of anilines is 1. The number of amides is 1. The minimum atomic E-state index is -0.414. The third-order valence-electron chi connectivity index (χ3n) is 4.00. The van der Waals surface area contributed by atoms with Gasteiger partial charge < -0.3 is 5.32 Å². The van der Waals surface area contributed by atoms with Crippen molar-refractivity contribution >= 4 is 29.0 Å². The highest BCUT2D eigenvalue weighted by Crippen LogP contribution is 2.25. The van der Waals surface area contributed by atoms with E-state index in [0.29, 0.717) is 0 Å². The van der Waals surface area contributed by atoms with E-state index in [4.69, 9.17) is 0 Å². The van der Waals surface area contributed by atoms with Crippen LogP contribution in [0.15, 0.2) is 53.4 Å². The average molecular weight is 359 g/mol. The maximum absolute atomic E-state index is 12.3. The molecule has 0 unspecified atom stereocenters. The summed E-state index contributed by atoms with van der Waals surface area (Å²) in [5.74, 6) is -0.124. The Kier molecular flexibility index (Phi) is 6.55. The highest BCUT2D eigenvalue weighted by atomic mass is 32.2. The number of carbonyl (C=O) groups excluding carboxylic acids is 1. The lowest BCUT2D eigenvalue weighted by atomic mass is 10.1. The molecule has 0 radical (unpaired) electrons. The summed E-state index contributed by atoms with van der Waals surface area (Å²) in [5.41, 5.74) is 1.64. The predicted octanol–water partition coefficient (Wildman–Crippen LogP) is 3.95. The fourth-order valence-electron chi connectivity index (χ4n) is 2.45. The van der Waals surface area contributed by atoms with Gasteiger partial charge >= 0.3 is 0 Å². The van der Waals surface area contributed by atoms with E-state index in [1.165, 1.54) is 6.07 Å². The van der Waals surface area contributed by atoms with Crippen LogP contribution >= 0.6 is 11.8 Å². The number of para-hydroxylation sites is 1. The van der Waals surface area contributed by atoms with Crippen LogP contribution in [0.2, 0.25) is 0 Å². The van der Waals surface area contributed by atoms with Crippen LogP contribution in [-0.2, 0) is 4.79 Å². The second-order valence-corrected chi connectivity index (χ2v) is 6.54. The summed E-state index contributed by atoms with van der Waals surface area (Å²) in [6.45, 7) is 2.11. The third kappa shape index (κ3) is 5.04. The van der Waals surface area contributed by atoms with Gasteiger partial charge in [0.2, 0.25) is 5.91 Å². The molecule has 25 heavy (non-hydrogen) atoms. The number of nitrogens with zero attached hydrogens (tertiary/aromatic N) is 2. The second-order valence-electron chi connectivity index (χ2n) is 5.69. The average Bonchev–Trinajstić information content (AvgIpc) is 2.61. The molecule has 2 rings (SSSR count). The molecule has 0 aliphatic carbocycles. The van der Waals surface area contributed by atoms with Gasteiger partial charge in [0.25, 0.3) is 5.69 Å². The smallest absolute Gasteiger partial charge is 0.269 e. The normalized spacial score (nSPS) is 12.0. The Morgan fingerprint density at radius 3 is 2.68 bits per heavy atom. The van der Waals surface area contributed by atoms with Crippen LogP contribution in [0.4, 0.5) is 11.4 Å². The molecule has 0 saturated heterocycles. The summed E-state index contributed by atoms with van der Waals surface area (Å²) in [6, 6.07) is 14.0. The van der Waals surface area contributed by atoms with Crippen LogP contribution in [0.1, 0.15) is 18.5 Å². The molecule has 1 amide bonds. The van der Waals surface area contributed by atoms with E-state index >= 15 is 0 Å². The van der Waals surface area contributed by atoms with E-state index in [9.17, 15) is 14.9 Å². The number of nitro groups is 1. The summed E-state index contributed by atoms with van der Waals surface area (Å²) < 4.78 is 0. The zero-order valence-electron chi connectivity index (χ0n) is 14.4. The van der Waals surface area contributed by atoms with Gasteiger partial charge in [-0.3, -0.25) is 19.8 Å². The highest BCUT2D eigenvalue weighted by Gasteiger charge is 2.17. The molecule has 2 aromatic carbocycles. The highest BCUT2D eigenvalue weighted by molar-refractivity contribution is 7.98. The molecule has 2 aromatic rings. The summed E-state index contributed by atoms with van der Waals surface area (Å²) in [6.07, 6.45) is 1.96. The van der Waals surface area contributed by atoms with Crippen molar-refractivity contribution in [3.05, 3.63) is 64.2 Å². The number of likely N-dealkylation sites (N-methyl/N-ethyl adjacent to an activating group) is 1. The first-order chi connectivity index (χ1) is 11.9. The van der Waals surface area contributed by atoms with Gasteiger partial charge in [-0.15, -0.1) is 11.8 Å². The van der Waals surface area contributed by atoms with Gasteiger partial charge in [0.05, 0.1) is 17.2 Å². The predicted molar refractivity (Wildman–Crippen MR) is 101 cm³/mol. The summed E-state index contributed by atoms with van der Waals surface area (Å²) in [5, 5.41) is 13.8. The van der Waals surface area contributed by atoms with Crippen LogP contribution < -0.4 is 5.32 Å². The van der Waals surface area contributed by atoms with Crippen LogP contribution in [0.3, 0.4) is 0 Å². The van der Waals surface area contributed by atoms with Crippen LogP contribution in [0, 0.1) is 10.1 Å². The molecule has 0 spiro atoms. The van der Waals surface area contributed by atoms with Gasteiger partial charge in [-0.05, 0) is 37.9 Å². The molecular formula is C18H21N3O3S. The Morgan fingerprint density at radius 1 is 1.28 bits per heavy atom. The molecule has 0 bridgehead atoms. The lowest BCUT2D eigenvalue weighted by Crippen LogP contribution is -2.32. The van der Waals surface area contributed by atoms with Gasteiger partial charge in [0.1, 0.15) is 0 Å². The van der Waals surface area contributed by atoms with Crippen molar-refractivity contribution in [1.82, 2.24) is 4.90 Å². The Balaban J connectivity index is 2.03. The number of nitrogens with one attached hydrogen (secondary N) is 1. The number of rotatable bonds is 7. The summed E-state index contributed by atoms with van der Waals surface area (Å²) in [4.78, 5) is 25.7. The van der Waals surface area contributed by atoms with E-state index in [2.05, 4.69) is 5.32 Å². The van der Waals surface area contributed by atoms with Gasteiger partial charge in [0.15, 0.2) is 0 Å². The first kappa shape index (κ1) is 19.0. The van der Waals surface area contributed by atoms with Crippen molar-refractivity contribution in [3.63, 3.8) is 0 Å². The third-order valence-corrected chi connectivity index (χ3v) is 4.79. The summed E-state index contributed by atoms with van der Waals surface area (Å²) in [7, 11) is 1.82. The Morgan fingerprint density at radius 2 is 2.00 bits per heavy atom. The molecular weight excluding hydrogens is 338 g/mol. The molecule has 1 atom stereocenters. The Labute approximate surface area is 151 Å². The molecule has 1 N–H and O–H groups in total. The van der Waals surface area contributed by atoms with Crippen molar-refractivity contribution in [2.75, 3.05) is 25.2 Å². The standard InChI is InChI=1S/C18H21N3O3S/c1-13(14-7-6-8-15(11-14)21(23)24)20(2)12-18(22)19-16-9-4-5-10-17(16)25-3/h4-11,13H,12H2,1-3H3,(H,19,22)/t13-/m1/s1. The number of hydrogen-bond donors (Lipinski definition) is 1. The maximum Gasteiger partial charge on any atom is 0.269 e. The largest absolute Gasteiger partial charge is 0.324 e. The molecule has 0 fully saturated rings. The molecule has 0 saturated carbocycles. The molecule has 0 aliphatic heterocycles. The summed E-state index contributed by atoms with van der Waals surface area (Å²) >= 11 is 1.57. The topological polar surface area (TPSA) is 75.5 Å². The second kappa shape index (κ2) is 8.64. The van der Waals surface area contributed by atoms with Crippen LogP contribution in [0.5, 0.6) is 0 Å². The number of carbonyl (C=O) groups is 1. The number of nitro benzene ring substituents is 1. The number of hydrogen-bond acceptors (Lipinski definition) is 5. The quantitative estimate of drug-likeness (QED) is 0.460. The number of thioether (sulfide) groups is 1. The van der Waals surface area contributed by atoms with Crippen LogP contribution in [-0.4, -0.2) is 35.6 Å². The van der Waals surface area contributed by atoms with Crippen molar-refractivity contribution in [1.29, 1.82) is 0 Å². The van der Waals surface area contributed by atoms with Crippen molar-refractivity contribution in [2.24, 2.45) is 0 Å². The van der Waals surface area contributed by atoms with Crippen molar-refractivity contribution in [2.45, 2.75) is 17.9 Å². The van der Waals surface area contributed by atoms with E-state index in [0.717, 1.165) is 16.1 Å². The van der Waals surface area contributed by atoms with Gasteiger partial charge in [-0.2, -0.15) is 0 Å². The maximum atomic E-state index is 12.3. The van der Waals surface area contributed by atoms with E-state index < -0.39 is 4.92 Å². The number of benzene rings is 2. The Bertz CT molecular complexity index is 767. The SMILES string of the molecule is CSc1ccccc1NC(=O)CN(C)[C@H](C)c1cccc([N+](=O)[O-])c1. The lowest BCUT2D eigenvalue weighted by molar-refractivity contribution is -0.384. The molecule has 6 nitrogen and oxygen atoms in total. The van der Waals surface area contributed by atoms with Crippen LogP contribution in [0.25, 0.3) is 0 Å². The van der Waals surface area contributed by atoms with Crippen molar-refractivity contribution in [3.8, 4) is 0 Å². The molecule has 7 heteroatoms. The van der Waals surface area contributed by atoms with Gasteiger partial charge in [0, 0.05) is 23.1 Å². The fourth-order valence-corrected chi connectivity index (χ4v) is 3.01. The first-order valence-electron chi connectivity index (χ1n) is 7.80. The Hall–Kier alpha value is -2.38. The zero-order chi connectivity index (χ0) is 18.4. The fraction of sp³-hybridized carbons (Fsp3) is 0.278. The molecule has 132 valence electrons. The zero-order valence-corrected chi connectivity index (χ0v) is 15.2. The van der Waals surface area contributed by atoms with Gasteiger partial charge in [-0.25, -0.2) is 0 Å². The lowest BCUT2D eigenvalue weighted by Gasteiger charge is -2.24. The van der Waals surface area contributed by atoms with Gasteiger partial charge in [-0.1, -0.05) is 24.3 Å². The first-order valence-corrected chi connectivity index (χ1v) is 9.02. The molecule has 0 aromatic heterocycles. The number of non-ortho nitro benzene ring substituents is 1.